The number of hydrogen-bond acceptors (Lipinski definition) is 4. The van der Waals surface area contributed by atoms with E-state index in [-0.39, 0.29) is 19.1 Å². The van der Waals surface area contributed by atoms with Gasteiger partial charge in [-0.3, -0.25) is 4.79 Å². The van der Waals surface area contributed by atoms with E-state index in [2.05, 4.69) is 26.2 Å². The normalized spacial score (nSPS) is 16.1. The van der Waals surface area contributed by atoms with Crippen molar-refractivity contribution in [2.24, 2.45) is 5.92 Å². The van der Waals surface area contributed by atoms with Gasteiger partial charge in [-0.05, 0) is 46.8 Å². The van der Waals surface area contributed by atoms with Crippen molar-refractivity contribution in [1.29, 1.82) is 0 Å². The fourth-order valence-electron chi connectivity index (χ4n) is 1.56. The molecule has 1 aliphatic rings. The lowest BCUT2D eigenvalue weighted by Crippen LogP contribution is -2.35. The van der Waals surface area contributed by atoms with Crippen LogP contribution in [0.4, 0.5) is 0 Å². The fraction of sp³-hybridized carbons (Fsp3) is 0.538. The number of nitrogens with one attached hydrogen (secondary N) is 1. The SMILES string of the molecule is O=C(NC[C@@H](O)COCC1CC1)c1ncccc1Br. The first-order valence-corrected chi connectivity index (χ1v) is 7.10. The van der Waals surface area contributed by atoms with Crippen LogP contribution in [0.1, 0.15) is 23.3 Å². The average molecular weight is 329 g/mol. The smallest absolute Gasteiger partial charge is 0.271 e. The molecule has 104 valence electrons. The van der Waals surface area contributed by atoms with E-state index < -0.39 is 6.10 Å². The second-order valence-corrected chi connectivity index (χ2v) is 5.53. The zero-order valence-electron chi connectivity index (χ0n) is 10.5. The van der Waals surface area contributed by atoms with Crippen LogP contribution in [0.15, 0.2) is 22.8 Å². The van der Waals surface area contributed by atoms with E-state index in [1.54, 1.807) is 18.3 Å². The number of aromatic nitrogens is 1. The lowest BCUT2D eigenvalue weighted by Gasteiger charge is -2.12. The molecule has 0 radical (unpaired) electrons. The van der Waals surface area contributed by atoms with Gasteiger partial charge in [0.05, 0.1) is 12.7 Å². The summed E-state index contributed by atoms with van der Waals surface area (Å²) in [4.78, 5) is 15.8. The van der Waals surface area contributed by atoms with Crippen LogP contribution in [0.5, 0.6) is 0 Å². The highest BCUT2D eigenvalue weighted by Gasteiger charge is 2.21. The summed E-state index contributed by atoms with van der Waals surface area (Å²) in [5.74, 6) is 0.361. The molecular weight excluding hydrogens is 312 g/mol. The van der Waals surface area contributed by atoms with E-state index in [4.69, 9.17) is 4.74 Å². The van der Waals surface area contributed by atoms with E-state index in [9.17, 15) is 9.90 Å². The number of ether oxygens (including phenoxy) is 1. The quantitative estimate of drug-likeness (QED) is 0.792. The number of aliphatic hydroxyl groups is 1. The Bertz CT molecular complexity index is 438. The number of halogens is 1. The van der Waals surface area contributed by atoms with Crippen molar-refractivity contribution >= 4 is 21.8 Å². The topological polar surface area (TPSA) is 71.5 Å². The summed E-state index contributed by atoms with van der Waals surface area (Å²) in [6.45, 7) is 1.11. The molecule has 2 rings (SSSR count). The molecule has 2 N–H and O–H groups in total. The van der Waals surface area contributed by atoms with Crippen molar-refractivity contribution in [3.63, 3.8) is 0 Å². The molecule has 1 fully saturated rings. The Kier molecular flexibility index (Phi) is 5.30. The van der Waals surface area contributed by atoms with Gasteiger partial charge in [0.15, 0.2) is 0 Å². The van der Waals surface area contributed by atoms with E-state index in [0.717, 1.165) is 0 Å². The van der Waals surface area contributed by atoms with Gasteiger partial charge >= 0.3 is 0 Å². The lowest BCUT2D eigenvalue weighted by atomic mass is 10.3. The number of rotatable bonds is 7. The van der Waals surface area contributed by atoms with Crippen molar-refractivity contribution in [3.05, 3.63) is 28.5 Å². The van der Waals surface area contributed by atoms with Crippen molar-refractivity contribution in [2.45, 2.75) is 18.9 Å². The molecule has 5 nitrogen and oxygen atoms in total. The molecule has 1 aromatic heterocycles. The molecule has 0 spiro atoms. The maximum absolute atomic E-state index is 11.8. The monoisotopic (exact) mass is 328 g/mol. The van der Waals surface area contributed by atoms with E-state index >= 15 is 0 Å². The van der Waals surface area contributed by atoms with Gasteiger partial charge < -0.3 is 15.2 Å². The highest BCUT2D eigenvalue weighted by atomic mass is 79.9. The number of hydrogen-bond donors (Lipinski definition) is 2. The second kappa shape index (κ2) is 6.98. The average Bonchev–Trinajstić information content (AvgIpc) is 3.20. The first-order valence-electron chi connectivity index (χ1n) is 6.31. The van der Waals surface area contributed by atoms with Crippen molar-refractivity contribution in [1.82, 2.24) is 10.3 Å². The first-order chi connectivity index (χ1) is 9.16. The van der Waals surface area contributed by atoms with Gasteiger partial charge in [-0.1, -0.05) is 0 Å². The van der Waals surface area contributed by atoms with Gasteiger partial charge in [-0.25, -0.2) is 4.98 Å². The molecule has 0 saturated heterocycles. The van der Waals surface area contributed by atoms with Crippen LogP contribution in [0.3, 0.4) is 0 Å². The molecule has 1 atom stereocenters. The minimum atomic E-state index is -0.690. The van der Waals surface area contributed by atoms with Crippen LogP contribution in [0.25, 0.3) is 0 Å². The van der Waals surface area contributed by atoms with Crippen LogP contribution < -0.4 is 5.32 Å². The molecule has 0 aromatic carbocycles. The third kappa shape index (κ3) is 4.89. The highest BCUT2D eigenvalue weighted by molar-refractivity contribution is 9.10. The van der Waals surface area contributed by atoms with Gasteiger partial charge in [-0.15, -0.1) is 0 Å². The Morgan fingerprint density at radius 2 is 2.42 bits per heavy atom. The second-order valence-electron chi connectivity index (χ2n) is 4.68. The minimum absolute atomic E-state index is 0.159. The van der Waals surface area contributed by atoms with Crippen molar-refractivity contribution < 1.29 is 14.6 Å². The van der Waals surface area contributed by atoms with Crippen LogP contribution in [-0.2, 0) is 4.74 Å². The van der Waals surface area contributed by atoms with Gasteiger partial charge in [0.25, 0.3) is 5.91 Å². The summed E-state index contributed by atoms with van der Waals surface area (Å²) in [6.07, 6.45) is 3.31. The summed E-state index contributed by atoms with van der Waals surface area (Å²) in [6, 6.07) is 3.48. The molecule has 0 unspecified atom stereocenters. The number of nitrogens with zero attached hydrogens (tertiary/aromatic N) is 1. The Morgan fingerprint density at radius 1 is 1.63 bits per heavy atom. The summed E-state index contributed by atoms with van der Waals surface area (Å²) in [5, 5.41) is 12.3. The molecular formula is C13H17BrN2O3. The Balaban J connectivity index is 1.68. The predicted molar refractivity (Wildman–Crippen MR) is 73.8 cm³/mol. The number of amides is 1. The molecule has 0 bridgehead atoms. The molecule has 1 aromatic rings. The molecule has 1 aliphatic carbocycles. The fourth-order valence-corrected chi connectivity index (χ4v) is 2.00. The first kappa shape index (κ1) is 14.4. The molecule has 6 heteroatoms. The highest BCUT2D eigenvalue weighted by Crippen LogP contribution is 2.28. The number of carbonyl (C=O) groups is 1. The zero-order valence-corrected chi connectivity index (χ0v) is 12.1. The summed E-state index contributed by atoms with van der Waals surface area (Å²) < 4.78 is 5.99. The van der Waals surface area contributed by atoms with Crippen molar-refractivity contribution in [2.75, 3.05) is 19.8 Å². The third-order valence-electron chi connectivity index (χ3n) is 2.83. The van der Waals surface area contributed by atoms with Crippen LogP contribution in [-0.4, -0.2) is 41.9 Å². The zero-order chi connectivity index (χ0) is 13.7. The van der Waals surface area contributed by atoms with Gasteiger partial charge in [0, 0.05) is 23.8 Å². The van der Waals surface area contributed by atoms with E-state index in [0.29, 0.717) is 22.7 Å². The third-order valence-corrected chi connectivity index (χ3v) is 3.47. The molecule has 19 heavy (non-hydrogen) atoms. The van der Waals surface area contributed by atoms with Crippen LogP contribution in [0, 0.1) is 5.92 Å². The van der Waals surface area contributed by atoms with Gasteiger partial charge in [-0.2, -0.15) is 0 Å². The van der Waals surface area contributed by atoms with Crippen LogP contribution >= 0.6 is 15.9 Å². The van der Waals surface area contributed by atoms with Gasteiger partial charge in [0.1, 0.15) is 5.69 Å². The maximum atomic E-state index is 11.8. The molecule has 1 saturated carbocycles. The predicted octanol–water partition coefficient (Wildman–Crippen LogP) is 1.36. The number of carbonyl (C=O) groups excluding carboxylic acids is 1. The summed E-state index contributed by atoms with van der Waals surface area (Å²) in [5.41, 5.74) is 0.314. The van der Waals surface area contributed by atoms with Gasteiger partial charge in [0.2, 0.25) is 0 Å². The van der Waals surface area contributed by atoms with Crippen molar-refractivity contribution in [3.8, 4) is 0 Å². The van der Waals surface area contributed by atoms with E-state index in [1.165, 1.54) is 12.8 Å². The standard InChI is InChI=1S/C13H17BrN2O3/c14-11-2-1-5-15-12(11)13(18)16-6-10(17)8-19-7-9-3-4-9/h1-2,5,9-10,17H,3-4,6-8H2,(H,16,18)/t10-/m1/s1. The van der Waals surface area contributed by atoms with E-state index in [1.807, 2.05) is 0 Å². The minimum Gasteiger partial charge on any atom is -0.389 e. The molecule has 1 heterocycles. The molecule has 1 amide bonds. The summed E-state index contributed by atoms with van der Waals surface area (Å²) in [7, 11) is 0. The molecule has 0 aliphatic heterocycles. The van der Waals surface area contributed by atoms with Crippen LogP contribution in [0.2, 0.25) is 0 Å². The summed E-state index contributed by atoms with van der Waals surface area (Å²) >= 11 is 3.26. The lowest BCUT2D eigenvalue weighted by molar-refractivity contribution is 0.0320. The number of aliphatic hydroxyl groups excluding tert-OH is 1. The largest absolute Gasteiger partial charge is 0.389 e. The maximum Gasteiger partial charge on any atom is 0.271 e. The Hall–Kier alpha value is -0.980. The Morgan fingerprint density at radius 3 is 3.11 bits per heavy atom. The number of pyridine rings is 1. The Labute approximate surface area is 120 Å².